The monoisotopic (exact) mass is 328 g/mol. The molecule has 0 unspecified atom stereocenters. The zero-order valence-corrected chi connectivity index (χ0v) is 12.9. The van der Waals surface area contributed by atoms with E-state index in [9.17, 15) is 12.8 Å². The second-order valence-electron chi connectivity index (χ2n) is 4.57. The van der Waals surface area contributed by atoms with Crippen molar-refractivity contribution in [1.82, 2.24) is 0 Å². The fourth-order valence-corrected chi connectivity index (χ4v) is 2.93. The molecule has 3 nitrogen and oxygen atoms in total. The maximum Gasteiger partial charge on any atom is 0.296 e. The van der Waals surface area contributed by atoms with E-state index in [4.69, 9.17) is 15.8 Å². The molecule has 6 heteroatoms. The molecule has 21 heavy (non-hydrogen) atoms. The molecular weight excluding hydrogens is 315 g/mol. The summed E-state index contributed by atoms with van der Waals surface area (Å²) >= 11 is 5.87. The highest BCUT2D eigenvalue weighted by molar-refractivity contribution is 7.86. The van der Waals surface area contributed by atoms with Crippen LogP contribution in [0.2, 0.25) is 5.02 Å². The van der Waals surface area contributed by atoms with Crippen LogP contribution in [0, 0.1) is 12.7 Å². The van der Waals surface area contributed by atoms with Crippen LogP contribution in [0.5, 0.6) is 0 Å². The third-order valence-electron chi connectivity index (χ3n) is 2.93. The van der Waals surface area contributed by atoms with E-state index >= 15 is 0 Å². The van der Waals surface area contributed by atoms with Gasteiger partial charge in [-0.2, -0.15) is 8.42 Å². The zero-order chi connectivity index (χ0) is 15.5. The molecule has 2 aromatic carbocycles. The number of rotatable bonds is 5. The van der Waals surface area contributed by atoms with Gasteiger partial charge < -0.3 is 0 Å². The van der Waals surface area contributed by atoms with Crippen LogP contribution in [0.3, 0.4) is 0 Å². The number of hydrogen-bond donors (Lipinski definition) is 0. The highest BCUT2D eigenvalue weighted by atomic mass is 35.5. The van der Waals surface area contributed by atoms with Crippen LogP contribution >= 0.6 is 11.6 Å². The van der Waals surface area contributed by atoms with Gasteiger partial charge in [0.15, 0.2) is 0 Å². The van der Waals surface area contributed by atoms with Gasteiger partial charge in [0.2, 0.25) is 0 Å². The maximum absolute atomic E-state index is 12.9. The van der Waals surface area contributed by atoms with Crippen LogP contribution < -0.4 is 0 Å². The van der Waals surface area contributed by atoms with Crippen molar-refractivity contribution in [2.45, 2.75) is 18.2 Å². The van der Waals surface area contributed by atoms with Gasteiger partial charge in [-0.25, -0.2) is 4.39 Å². The third kappa shape index (κ3) is 4.27. The van der Waals surface area contributed by atoms with Gasteiger partial charge in [0, 0.05) is 5.02 Å². The Balaban J connectivity index is 2.00. The lowest BCUT2D eigenvalue weighted by Gasteiger charge is -2.07. The molecule has 0 aliphatic rings. The van der Waals surface area contributed by atoms with Crippen LogP contribution in [-0.2, 0) is 20.7 Å². The van der Waals surface area contributed by atoms with Crippen LogP contribution in [0.25, 0.3) is 0 Å². The largest absolute Gasteiger partial charge is 0.296 e. The van der Waals surface area contributed by atoms with E-state index in [1.54, 1.807) is 12.1 Å². The molecule has 0 N–H and O–H groups in total. The Kier molecular flexibility index (Phi) is 4.98. The summed E-state index contributed by atoms with van der Waals surface area (Å²) in [6.45, 7) is 1.81. The summed E-state index contributed by atoms with van der Waals surface area (Å²) < 4.78 is 41.8. The minimum Gasteiger partial charge on any atom is -0.266 e. The van der Waals surface area contributed by atoms with E-state index in [0.29, 0.717) is 5.56 Å². The first-order chi connectivity index (χ1) is 9.88. The number of benzene rings is 2. The Hall–Kier alpha value is -1.43. The highest BCUT2D eigenvalue weighted by Gasteiger charge is 2.15. The Morgan fingerprint density at radius 1 is 1.14 bits per heavy atom. The molecule has 0 aromatic heterocycles. The lowest BCUT2D eigenvalue weighted by molar-refractivity contribution is 0.322. The average molecular weight is 329 g/mol. The van der Waals surface area contributed by atoms with Crippen LogP contribution in [0.4, 0.5) is 4.39 Å². The van der Waals surface area contributed by atoms with E-state index in [2.05, 4.69) is 0 Å². The van der Waals surface area contributed by atoms with Gasteiger partial charge in [0.05, 0.1) is 11.5 Å². The molecule has 0 bridgehead atoms. The lowest BCUT2D eigenvalue weighted by atomic mass is 10.1. The summed E-state index contributed by atoms with van der Waals surface area (Å²) in [6, 6.07) is 10.4. The summed E-state index contributed by atoms with van der Waals surface area (Å²) in [5, 5.41) is 0.256. The summed E-state index contributed by atoms with van der Waals surface area (Å²) in [5.41, 5.74) is 1.60. The van der Waals surface area contributed by atoms with Gasteiger partial charge in [0.1, 0.15) is 5.82 Å². The Bertz CT molecular complexity index is 727. The van der Waals surface area contributed by atoms with Gasteiger partial charge in [-0.15, -0.1) is 0 Å². The van der Waals surface area contributed by atoms with Gasteiger partial charge in [-0.1, -0.05) is 35.4 Å². The molecule has 0 fully saturated rings. The summed E-state index contributed by atoms with van der Waals surface area (Å²) in [6.07, 6.45) is 0.282. The topological polar surface area (TPSA) is 43.4 Å². The van der Waals surface area contributed by atoms with Crippen molar-refractivity contribution in [1.29, 1.82) is 0 Å². The van der Waals surface area contributed by atoms with Crippen molar-refractivity contribution in [3.8, 4) is 0 Å². The van der Waals surface area contributed by atoms with Crippen molar-refractivity contribution in [3.63, 3.8) is 0 Å². The van der Waals surface area contributed by atoms with Crippen LogP contribution in [0.15, 0.2) is 47.4 Å². The molecule has 2 rings (SSSR count). The fourth-order valence-electron chi connectivity index (χ4n) is 1.76. The predicted molar refractivity (Wildman–Crippen MR) is 79.4 cm³/mol. The van der Waals surface area contributed by atoms with E-state index in [0.717, 1.165) is 5.56 Å². The Morgan fingerprint density at radius 3 is 2.43 bits per heavy atom. The van der Waals surface area contributed by atoms with E-state index in [-0.39, 0.29) is 22.9 Å². The molecule has 112 valence electrons. The number of halogens is 2. The molecule has 2 aromatic rings. The molecule has 0 saturated carbocycles. The second kappa shape index (κ2) is 6.56. The first-order valence-corrected chi connectivity index (χ1v) is 8.07. The van der Waals surface area contributed by atoms with Gasteiger partial charge in [-0.05, 0) is 43.2 Å². The molecule has 0 aliphatic heterocycles. The van der Waals surface area contributed by atoms with E-state index in [1.807, 2.05) is 6.92 Å². The summed E-state index contributed by atoms with van der Waals surface area (Å²) in [7, 11) is -3.79. The van der Waals surface area contributed by atoms with E-state index < -0.39 is 15.9 Å². The SMILES string of the molecule is Cc1ccc(S(=O)(=O)OCCc2ccc(F)cc2Cl)cc1. The quantitative estimate of drug-likeness (QED) is 0.785. The normalized spacial score (nSPS) is 11.6. The van der Waals surface area contributed by atoms with Crippen molar-refractivity contribution in [2.24, 2.45) is 0 Å². The molecular formula is C15H14ClFO3S. The molecule has 0 atom stereocenters. The highest BCUT2D eigenvalue weighted by Crippen LogP contribution is 2.19. The summed E-state index contributed by atoms with van der Waals surface area (Å²) in [4.78, 5) is 0.110. The standard InChI is InChI=1S/C15H14ClFO3S/c1-11-2-6-14(7-3-11)21(18,19)20-9-8-12-4-5-13(17)10-15(12)16/h2-7,10H,8-9H2,1H3. The minimum absolute atomic E-state index is 0.0540. The smallest absolute Gasteiger partial charge is 0.266 e. The van der Waals surface area contributed by atoms with E-state index in [1.165, 1.54) is 30.3 Å². The Labute approximate surface area is 128 Å². The molecule has 0 heterocycles. The Morgan fingerprint density at radius 2 is 1.81 bits per heavy atom. The van der Waals surface area contributed by atoms with Crippen molar-refractivity contribution < 1.29 is 17.0 Å². The second-order valence-corrected chi connectivity index (χ2v) is 6.60. The third-order valence-corrected chi connectivity index (χ3v) is 4.61. The number of aryl methyl sites for hydroxylation is 1. The molecule has 0 amide bonds. The number of hydrogen-bond acceptors (Lipinski definition) is 3. The van der Waals surface area contributed by atoms with Crippen LogP contribution in [-0.4, -0.2) is 15.0 Å². The van der Waals surface area contributed by atoms with Crippen LogP contribution in [0.1, 0.15) is 11.1 Å². The average Bonchev–Trinajstić information content (AvgIpc) is 2.41. The molecule has 0 saturated heterocycles. The predicted octanol–water partition coefficient (Wildman–Crippen LogP) is 3.74. The molecule has 0 aliphatic carbocycles. The minimum atomic E-state index is -3.79. The van der Waals surface area contributed by atoms with Gasteiger partial charge in [-0.3, -0.25) is 4.18 Å². The first-order valence-electron chi connectivity index (χ1n) is 6.28. The molecule has 0 spiro atoms. The maximum atomic E-state index is 12.9. The fraction of sp³-hybridized carbons (Fsp3) is 0.200. The first kappa shape index (κ1) is 15.9. The zero-order valence-electron chi connectivity index (χ0n) is 11.3. The van der Waals surface area contributed by atoms with Gasteiger partial charge in [0.25, 0.3) is 10.1 Å². The van der Waals surface area contributed by atoms with Crippen molar-refractivity contribution in [2.75, 3.05) is 6.61 Å². The van der Waals surface area contributed by atoms with Crippen molar-refractivity contribution >= 4 is 21.7 Å². The lowest BCUT2D eigenvalue weighted by Crippen LogP contribution is -2.09. The van der Waals surface area contributed by atoms with Gasteiger partial charge >= 0.3 is 0 Å². The van der Waals surface area contributed by atoms with Crippen molar-refractivity contribution in [3.05, 3.63) is 64.4 Å². The molecule has 0 radical (unpaired) electrons. The summed E-state index contributed by atoms with van der Waals surface area (Å²) in [5.74, 6) is -0.433.